The molecule has 1 aliphatic rings. The van der Waals surface area contributed by atoms with Crippen molar-refractivity contribution in [3.8, 4) is 6.07 Å². The monoisotopic (exact) mass is 398 g/mol. The van der Waals surface area contributed by atoms with Crippen molar-refractivity contribution < 1.29 is 19.1 Å². The maximum absolute atomic E-state index is 12.1. The van der Waals surface area contributed by atoms with Crippen molar-refractivity contribution in [1.29, 1.82) is 5.26 Å². The van der Waals surface area contributed by atoms with Crippen molar-refractivity contribution >= 4 is 28.2 Å². The summed E-state index contributed by atoms with van der Waals surface area (Å²) >= 11 is 1.43. The topological polar surface area (TPSA) is 88.4 Å². The number of carbonyl (C=O) groups excluding carboxylic acids is 2. The van der Waals surface area contributed by atoms with Gasteiger partial charge in [0.25, 0.3) is 5.91 Å². The number of nitriles is 1. The molecule has 146 valence electrons. The van der Waals surface area contributed by atoms with E-state index in [4.69, 9.17) is 9.47 Å². The highest BCUT2D eigenvalue weighted by Gasteiger charge is 2.23. The Kier molecular flexibility index (Phi) is 6.45. The van der Waals surface area contributed by atoms with Crippen LogP contribution in [0.15, 0.2) is 24.3 Å². The number of anilines is 1. The van der Waals surface area contributed by atoms with Gasteiger partial charge in [-0.2, -0.15) is 5.26 Å². The number of hydrogen-bond donors (Lipinski definition) is 1. The lowest BCUT2D eigenvalue weighted by molar-refractivity contribution is -0.119. The van der Waals surface area contributed by atoms with Gasteiger partial charge in [-0.25, -0.2) is 4.79 Å². The summed E-state index contributed by atoms with van der Waals surface area (Å²) in [7, 11) is 0. The Morgan fingerprint density at radius 3 is 2.68 bits per heavy atom. The number of rotatable bonds is 7. The van der Waals surface area contributed by atoms with E-state index in [1.165, 1.54) is 11.3 Å². The SMILES string of the molecule is CC(C)OCc1ccc(C(=O)OCC(=O)Nc2sc3c(c2C#N)CCC3)cc1. The van der Waals surface area contributed by atoms with E-state index in [2.05, 4.69) is 11.4 Å². The fourth-order valence-electron chi connectivity index (χ4n) is 2.99. The molecule has 1 aromatic heterocycles. The van der Waals surface area contributed by atoms with Crippen LogP contribution in [-0.2, 0) is 33.7 Å². The summed E-state index contributed by atoms with van der Waals surface area (Å²) in [6.07, 6.45) is 2.99. The Hall–Kier alpha value is -2.69. The molecule has 3 rings (SSSR count). The van der Waals surface area contributed by atoms with Gasteiger partial charge >= 0.3 is 5.97 Å². The van der Waals surface area contributed by atoms with Gasteiger partial charge in [-0.3, -0.25) is 4.79 Å². The number of aryl methyl sites for hydroxylation is 1. The minimum atomic E-state index is -0.569. The van der Waals surface area contributed by atoms with Crippen molar-refractivity contribution in [2.75, 3.05) is 11.9 Å². The summed E-state index contributed by atoms with van der Waals surface area (Å²) < 4.78 is 10.6. The van der Waals surface area contributed by atoms with Crippen LogP contribution in [0, 0.1) is 11.3 Å². The molecule has 0 bridgehead atoms. The largest absolute Gasteiger partial charge is 0.452 e. The van der Waals surface area contributed by atoms with E-state index < -0.39 is 18.5 Å². The molecule has 0 aliphatic heterocycles. The lowest BCUT2D eigenvalue weighted by Crippen LogP contribution is -2.21. The number of esters is 1. The molecule has 6 nitrogen and oxygen atoms in total. The molecule has 1 heterocycles. The van der Waals surface area contributed by atoms with Gasteiger partial charge in [0.15, 0.2) is 6.61 Å². The van der Waals surface area contributed by atoms with E-state index >= 15 is 0 Å². The zero-order valence-electron chi connectivity index (χ0n) is 15.9. The molecular formula is C21H22N2O4S. The first-order valence-electron chi connectivity index (χ1n) is 9.20. The molecule has 7 heteroatoms. The van der Waals surface area contributed by atoms with E-state index in [1.54, 1.807) is 24.3 Å². The highest BCUT2D eigenvalue weighted by atomic mass is 32.1. The first-order valence-corrected chi connectivity index (χ1v) is 10.0. The number of nitrogens with one attached hydrogen (secondary N) is 1. The van der Waals surface area contributed by atoms with Gasteiger partial charge in [0.05, 0.1) is 23.8 Å². The minimum absolute atomic E-state index is 0.134. The molecular weight excluding hydrogens is 376 g/mol. The van der Waals surface area contributed by atoms with Gasteiger partial charge in [-0.1, -0.05) is 12.1 Å². The van der Waals surface area contributed by atoms with Crippen LogP contribution in [-0.4, -0.2) is 24.6 Å². The van der Waals surface area contributed by atoms with Gasteiger partial charge < -0.3 is 14.8 Å². The fraction of sp³-hybridized carbons (Fsp3) is 0.381. The van der Waals surface area contributed by atoms with E-state index in [0.717, 1.165) is 35.3 Å². The molecule has 1 aliphatic carbocycles. The lowest BCUT2D eigenvalue weighted by atomic mass is 10.1. The summed E-state index contributed by atoms with van der Waals surface area (Å²) in [5.74, 6) is -1.02. The summed E-state index contributed by atoms with van der Waals surface area (Å²) in [4.78, 5) is 25.4. The Morgan fingerprint density at radius 2 is 2.00 bits per heavy atom. The predicted octanol–water partition coefficient (Wildman–Crippen LogP) is 3.83. The van der Waals surface area contributed by atoms with Gasteiger partial charge in [-0.15, -0.1) is 11.3 Å². The average molecular weight is 398 g/mol. The number of carbonyl (C=O) groups is 2. The maximum Gasteiger partial charge on any atom is 0.338 e. The third-order valence-corrected chi connectivity index (χ3v) is 5.60. The molecule has 2 aromatic rings. The van der Waals surface area contributed by atoms with E-state index in [9.17, 15) is 14.9 Å². The van der Waals surface area contributed by atoms with Crippen LogP contribution >= 0.6 is 11.3 Å². The maximum atomic E-state index is 12.1. The molecule has 0 fully saturated rings. The Balaban J connectivity index is 1.52. The zero-order valence-corrected chi connectivity index (χ0v) is 16.7. The number of benzene rings is 1. The Bertz CT molecular complexity index is 910. The van der Waals surface area contributed by atoms with E-state index in [-0.39, 0.29) is 6.10 Å². The molecule has 0 spiro atoms. The van der Waals surface area contributed by atoms with E-state index in [0.29, 0.717) is 22.7 Å². The van der Waals surface area contributed by atoms with Crippen LogP contribution in [0.3, 0.4) is 0 Å². The van der Waals surface area contributed by atoms with Crippen molar-refractivity contribution in [3.63, 3.8) is 0 Å². The molecule has 1 aromatic carbocycles. The number of ether oxygens (including phenoxy) is 2. The molecule has 0 saturated heterocycles. The summed E-state index contributed by atoms with van der Waals surface area (Å²) in [5, 5.41) is 12.6. The molecule has 0 radical (unpaired) electrons. The van der Waals surface area contributed by atoms with Gasteiger partial charge in [-0.05, 0) is 56.4 Å². The fourth-order valence-corrected chi connectivity index (χ4v) is 4.24. The van der Waals surface area contributed by atoms with Gasteiger partial charge in [0.1, 0.15) is 11.1 Å². The van der Waals surface area contributed by atoms with Crippen LogP contribution < -0.4 is 5.32 Å². The number of fused-ring (bicyclic) bond motifs is 1. The second-order valence-electron chi connectivity index (χ2n) is 6.85. The quantitative estimate of drug-likeness (QED) is 0.716. The van der Waals surface area contributed by atoms with E-state index in [1.807, 2.05) is 13.8 Å². The first kappa shape index (κ1) is 20.1. The van der Waals surface area contributed by atoms with Crippen LogP contribution in [0.4, 0.5) is 5.00 Å². The van der Waals surface area contributed by atoms with Crippen molar-refractivity contribution in [1.82, 2.24) is 0 Å². The average Bonchev–Trinajstić information content (AvgIpc) is 3.25. The van der Waals surface area contributed by atoms with Crippen molar-refractivity contribution in [3.05, 3.63) is 51.4 Å². The van der Waals surface area contributed by atoms with Crippen molar-refractivity contribution in [2.45, 2.75) is 45.8 Å². The minimum Gasteiger partial charge on any atom is -0.452 e. The third-order valence-electron chi connectivity index (χ3n) is 4.39. The molecule has 0 unspecified atom stereocenters. The number of amides is 1. The zero-order chi connectivity index (χ0) is 20.1. The number of thiophene rings is 1. The van der Waals surface area contributed by atoms with Crippen LogP contribution in [0.1, 0.15) is 52.2 Å². The highest BCUT2D eigenvalue weighted by molar-refractivity contribution is 7.16. The Morgan fingerprint density at radius 1 is 1.25 bits per heavy atom. The van der Waals surface area contributed by atoms with Crippen LogP contribution in [0.5, 0.6) is 0 Å². The molecule has 1 N–H and O–H groups in total. The highest BCUT2D eigenvalue weighted by Crippen LogP contribution is 2.38. The smallest absolute Gasteiger partial charge is 0.338 e. The summed E-state index contributed by atoms with van der Waals surface area (Å²) in [5.41, 5.74) is 2.91. The first-order chi connectivity index (χ1) is 13.5. The number of hydrogen-bond acceptors (Lipinski definition) is 6. The molecule has 1 amide bonds. The standard InChI is InChI=1S/C21H22N2O4S/c1-13(2)26-11-14-6-8-15(9-7-14)21(25)27-12-19(24)23-20-17(10-22)16-4-3-5-18(16)28-20/h6-9,13H,3-5,11-12H2,1-2H3,(H,23,24). The van der Waals surface area contributed by atoms with Crippen molar-refractivity contribution in [2.24, 2.45) is 0 Å². The lowest BCUT2D eigenvalue weighted by Gasteiger charge is -2.08. The summed E-state index contributed by atoms with van der Waals surface area (Å²) in [6, 6.07) is 9.07. The summed E-state index contributed by atoms with van der Waals surface area (Å²) in [6.45, 7) is 3.99. The second-order valence-corrected chi connectivity index (χ2v) is 7.96. The van der Waals surface area contributed by atoms with Gasteiger partial charge in [0, 0.05) is 4.88 Å². The van der Waals surface area contributed by atoms with Crippen LogP contribution in [0.2, 0.25) is 0 Å². The van der Waals surface area contributed by atoms with Crippen LogP contribution in [0.25, 0.3) is 0 Å². The molecule has 0 saturated carbocycles. The third kappa shape index (κ3) is 4.77. The second kappa shape index (κ2) is 9.00. The normalized spacial score (nSPS) is 12.5. The van der Waals surface area contributed by atoms with Gasteiger partial charge in [0.2, 0.25) is 0 Å². The molecule has 28 heavy (non-hydrogen) atoms. The molecule has 0 atom stereocenters. The Labute approximate surface area is 168 Å². The number of nitrogens with zero attached hydrogens (tertiary/aromatic N) is 1. The predicted molar refractivity (Wildman–Crippen MR) is 106 cm³/mol.